The number of carbonyl (C=O) groups excluding carboxylic acids is 1. The molecule has 0 radical (unpaired) electrons. The standard InChI is InChI=1S/C22H32N2O2/c1-3-16(2)17-4-6-18(7-5-17)19-8-10-24(11-9-19)21(25)20-12-22(13-20)14-26-15-23-22/h4-7,16,19-20,23H,3,8-15H2,1-2H3/t16-,20?,22?/m1/s1. The molecule has 4 rings (SSSR count). The van der Waals surface area contributed by atoms with Crippen molar-refractivity contribution in [1.82, 2.24) is 10.2 Å². The van der Waals surface area contributed by atoms with Gasteiger partial charge < -0.3 is 9.64 Å². The normalized spacial score (nSPS) is 30.4. The van der Waals surface area contributed by atoms with Crippen LogP contribution in [0.4, 0.5) is 0 Å². The first-order valence-corrected chi connectivity index (χ1v) is 10.3. The van der Waals surface area contributed by atoms with Gasteiger partial charge in [0, 0.05) is 24.5 Å². The second-order valence-electron chi connectivity index (χ2n) is 8.63. The Hall–Kier alpha value is -1.39. The van der Waals surface area contributed by atoms with Gasteiger partial charge in [0.15, 0.2) is 0 Å². The van der Waals surface area contributed by atoms with E-state index in [2.05, 4.69) is 48.3 Å². The summed E-state index contributed by atoms with van der Waals surface area (Å²) in [5.74, 6) is 1.81. The minimum absolute atomic E-state index is 0.107. The molecule has 1 aromatic rings. The summed E-state index contributed by atoms with van der Waals surface area (Å²) in [6.07, 6.45) is 5.26. The van der Waals surface area contributed by atoms with Gasteiger partial charge in [-0.2, -0.15) is 0 Å². The van der Waals surface area contributed by atoms with Crippen LogP contribution in [-0.2, 0) is 9.53 Å². The van der Waals surface area contributed by atoms with Crippen molar-refractivity contribution in [3.63, 3.8) is 0 Å². The van der Waals surface area contributed by atoms with Crippen molar-refractivity contribution in [2.45, 2.75) is 63.3 Å². The minimum atomic E-state index is 0.107. The Morgan fingerprint density at radius 1 is 1.27 bits per heavy atom. The molecule has 2 saturated heterocycles. The van der Waals surface area contributed by atoms with Gasteiger partial charge in [-0.3, -0.25) is 10.1 Å². The molecule has 1 N–H and O–H groups in total. The van der Waals surface area contributed by atoms with Crippen molar-refractivity contribution in [2.24, 2.45) is 5.92 Å². The van der Waals surface area contributed by atoms with Crippen LogP contribution in [0.5, 0.6) is 0 Å². The predicted octanol–water partition coefficient (Wildman–Crippen LogP) is 3.63. The van der Waals surface area contributed by atoms with Crippen LogP contribution in [0.3, 0.4) is 0 Å². The minimum Gasteiger partial charge on any atom is -0.364 e. The zero-order valence-electron chi connectivity index (χ0n) is 16.2. The number of likely N-dealkylation sites (tertiary alicyclic amines) is 1. The molecule has 1 aromatic carbocycles. The summed E-state index contributed by atoms with van der Waals surface area (Å²) in [4.78, 5) is 14.9. The molecule has 0 aromatic heterocycles. The monoisotopic (exact) mass is 356 g/mol. The van der Waals surface area contributed by atoms with Crippen molar-refractivity contribution < 1.29 is 9.53 Å². The van der Waals surface area contributed by atoms with Gasteiger partial charge in [0.25, 0.3) is 0 Å². The molecule has 0 bridgehead atoms. The Bertz CT molecular complexity index is 620. The van der Waals surface area contributed by atoms with Crippen LogP contribution >= 0.6 is 0 Å². The Balaban J connectivity index is 1.28. The number of nitrogens with one attached hydrogen (secondary N) is 1. The maximum Gasteiger partial charge on any atom is 0.225 e. The second-order valence-corrected chi connectivity index (χ2v) is 8.63. The summed E-state index contributed by atoms with van der Waals surface area (Å²) in [7, 11) is 0. The van der Waals surface area contributed by atoms with Crippen molar-refractivity contribution in [3.8, 4) is 0 Å². The summed E-state index contributed by atoms with van der Waals surface area (Å²) < 4.78 is 5.43. The van der Waals surface area contributed by atoms with E-state index in [1.165, 1.54) is 17.5 Å². The predicted molar refractivity (Wildman–Crippen MR) is 103 cm³/mol. The number of amides is 1. The molecule has 0 unspecified atom stereocenters. The molecule has 2 heterocycles. The summed E-state index contributed by atoms with van der Waals surface area (Å²) in [5, 5.41) is 3.41. The van der Waals surface area contributed by atoms with Crippen LogP contribution in [0.15, 0.2) is 24.3 Å². The average Bonchev–Trinajstić information content (AvgIpc) is 3.16. The van der Waals surface area contributed by atoms with Crippen LogP contribution < -0.4 is 5.32 Å². The summed E-state index contributed by atoms with van der Waals surface area (Å²) >= 11 is 0. The second kappa shape index (κ2) is 7.32. The first-order valence-electron chi connectivity index (χ1n) is 10.3. The lowest BCUT2D eigenvalue weighted by molar-refractivity contribution is -0.142. The summed E-state index contributed by atoms with van der Waals surface area (Å²) in [6.45, 7) is 7.75. The number of carbonyl (C=O) groups is 1. The van der Waals surface area contributed by atoms with Gasteiger partial charge in [0.2, 0.25) is 5.91 Å². The van der Waals surface area contributed by atoms with Crippen molar-refractivity contribution in [3.05, 3.63) is 35.4 Å². The summed E-state index contributed by atoms with van der Waals surface area (Å²) in [6, 6.07) is 9.22. The van der Waals surface area contributed by atoms with Crippen LogP contribution in [0, 0.1) is 5.92 Å². The first kappa shape index (κ1) is 18.0. The third-order valence-electron chi connectivity index (χ3n) is 6.95. The lowest BCUT2D eigenvalue weighted by atomic mass is 9.68. The molecule has 26 heavy (non-hydrogen) atoms. The van der Waals surface area contributed by atoms with E-state index in [-0.39, 0.29) is 11.5 Å². The van der Waals surface area contributed by atoms with E-state index in [1.807, 2.05) is 0 Å². The fourth-order valence-corrected chi connectivity index (χ4v) is 4.85. The van der Waals surface area contributed by atoms with Crippen molar-refractivity contribution >= 4 is 5.91 Å². The number of ether oxygens (including phenoxy) is 1. The van der Waals surface area contributed by atoms with Gasteiger partial charge >= 0.3 is 0 Å². The van der Waals surface area contributed by atoms with Crippen LogP contribution in [0.2, 0.25) is 0 Å². The van der Waals surface area contributed by atoms with Gasteiger partial charge in [-0.25, -0.2) is 0 Å². The van der Waals surface area contributed by atoms with E-state index in [1.54, 1.807) is 0 Å². The molecule has 1 saturated carbocycles. The molecular formula is C22H32N2O2. The molecule has 3 fully saturated rings. The highest BCUT2D eigenvalue weighted by Crippen LogP contribution is 2.41. The highest BCUT2D eigenvalue weighted by Gasteiger charge is 2.50. The Kier molecular flexibility index (Phi) is 5.07. The first-order chi connectivity index (χ1) is 12.6. The van der Waals surface area contributed by atoms with Crippen LogP contribution in [0.1, 0.15) is 68.9 Å². The zero-order chi connectivity index (χ0) is 18.1. The number of hydrogen-bond donors (Lipinski definition) is 1. The van der Waals surface area contributed by atoms with Gasteiger partial charge in [-0.15, -0.1) is 0 Å². The Morgan fingerprint density at radius 3 is 2.54 bits per heavy atom. The number of nitrogens with zero attached hydrogens (tertiary/aromatic N) is 1. The fraction of sp³-hybridized carbons (Fsp3) is 0.682. The van der Waals surface area contributed by atoms with E-state index in [0.717, 1.165) is 45.4 Å². The molecule has 1 amide bonds. The van der Waals surface area contributed by atoms with Crippen molar-refractivity contribution in [1.29, 1.82) is 0 Å². The number of benzene rings is 1. The van der Waals surface area contributed by atoms with E-state index >= 15 is 0 Å². The van der Waals surface area contributed by atoms with E-state index in [0.29, 0.717) is 24.5 Å². The lowest BCUT2D eigenvalue weighted by Gasteiger charge is -2.45. The molecule has 1 spiro atoms. The third-order valence-corrected chi connectivity index (χ3v) is 6.95. The summed E-state index contributed by atoms with van der Waals surface area (Å²) in [5.41, 5.74) is 2.99. The highest BCUT2D eigenvalue weighted by molar-refractivity contribution is 5.80. The van der Waals surface area contributed by atoms with E-state index < -0.39 is 0 Å². The Morgan fingerprint density at radius 2 is 1.96 bits per heavy atom. The van der Waals surface area contributed by atoms with Crippen LogP contribution in [0.25, 0.3) is 0 Å². The third kappa shape index (κ3) is 3.41. The molecule has 142 valence electrons. The van der Waals surface area contributed by atoms with Gasteiger partial charge in [0.1, 0.15) is 0 Å². The average molecular weight is 357 g/mol. The topological polar surface area (TPSA) is 41.6 Å². The molecule has 1 aliphatic carbocycles. The number of piperidine rings is 1. The van der Waals surface area contributed by atoms with Gasteiger partial charge in [-0.1, -0.05) is 38.1 Å². The molecule has 1 atom stereocenters. The lowest BCUT2D eigenvalue weighted by Crippen LogP contribution is -2.58. The quantitative estimate of drug-likeness (QED) is 0.896. The molecule has 4 nitrogen and oxygen atoms in total. The molecule has 4 heteroatoms. The number of rotatable bonds is 4. The molecular weight excluding hydrogens is 324 g/mol. The zero-order valence-corrected chi connectivity index (χ0v) is 16.2. The smallest absolute Gasteiger partial charge is 0.225 e. The fourth-order valence-electron chi connectivity index (χ4n) is 4.85. The van der Waals surface area contributed by atoms with Crippen molar-refractivity contribution in [2.75, 3.05) is 26.4 Å². The number of hydrogen-bond acceptors (Lipinski definition) is 3. The maximum absolute atomic E-state index is 12.8. The maximum atomic E-state index is 12.8. The Labute approximate surface area is 157 Å². The molecule has 3 aliphatic rings. The van der Waals surface area contributed by atoms with Gasteiger partial charge in [-0.05, 0) is 55.1 Å². The van der Waals surface area contributed by atoms with E-state index in [4.69, 9.17) is 4.74 Å². The van der Waals surface area contributed by atoms with E-state index in [9.17, 15) is 4.79 Å². The molecule has 2 aliphatic heterocycles. The van der Waals surface area contributed by atoms with Crippen LogP contribution in [-0.4, -0.2) is 42.8 Å². The largest absolute Gasteiger partial charge is 0.364 e. The SMILES string of the molecule is CC[C@@H](C)c1ccc(C2CCN(C(=O)C3CC4(COCN4)C3)CC2)cc1. The van der Waals surface area contributed by atoms with Gasteiger partial charge in [0.05, 0.1) is 13.3 Å². The highest BCUT2D eigenvalue weighted by atomic mass is 16.5.